The quantitative estimate of drug-likeness (QED) is 0.780. The molecule has 0 radical (unpaired) electrons. The minimum atomic E-state index is -0.542. The highest BCUT2D eigenvalue weighted by atomic mass is 16.3. The van der Waals surface area contributed by atoms with Crippen molar-refractivity contribution in [1.29, 1.82) is 0 Å². The van der Waals surface area contributed by atoms with Crippen molar-refractivity contribution < 1.29 is 5.11 Å². The lowest BCUT2D eigenvalue weighted by Gasteiger charge is -2.15. The van der Waals surface area contributed by atoms with Gasteiger partial charge in [-0.1, -0.05) is 76.2 Å². The van der Waals surface area contributed by atoms with Crippen molar-refractivity contribution in [1.82, 2.24) is 0 Å². The van der Waals surface area contributed by atoms with Crippen molar-refractivity contribution in [3.63, 3.8) is 0 Å². The fraction of sp³-hybridized carbons (Fsp3) is 0.429. The third-order valence-corrected chi connectivity index (χ3v) is 3.82. The van der Waals surface area contributed by atoms with Crippen LogP contribution in [0.2, 0.25) is 0 Å². The number of aliphatic hydroxyl groups excluding tert-OH is 1. The Hall–Kier alpha value is -1.60. The smallest absolute Gasteiger partial charge is 0.104 e. The second-order valence-corrected chi connectivity index (χ2v) is 7.09. The topological polar surface area (TPSA) is 20.2 Å². The van der Waals surface area contributed by atoms with Crippen LogP contribution in [0.1, 0.15) is 56.1 Å². The van der Waals surface area contributed by atoms with E-state index in [-0.39, 0.29) is 0 Å². The van der Waals surface area contributed by atoms with Gasteiger partial charge in [-0.15, -0.1) is 0 Å². The first-order chi connectivity index (χ1) is 10.5. The molecule has 1 N–H and O–H groups in total. The van der Waals surface area contributed by atoms with Gasteiger partial charge < -0.3 is 5.11 Å². The van der Waals surface area contributed by atoms with Gasteiger partial charge in [0, 0.05) is 0 Å². The molecule has 0 aliphatic rings. The molecule has 0 atom stereocenters. The van der Waals surface area contributed by atoms with E-state index in [0.29, 0.717) is 11.8 Å². The molecule has 0 saturated carbocycles. The third-order valence-electron chi connectivity index (χ3n) is 3.82. The summed E-state index contributed by atoms with van der Waals surface area (Å²) in [5.41, 5.74) is 4.56. The van der Waals surface area contributed by atoms with Gasteiger partial charge in [0.1, 0.15) is 6.10 Å². The molecule has 0 bridgehead atoms. The molecular weight excluding hydrogens is 268 g/mol. The second-order valence-electron chi connectivity index (χ2n) is 7.09. The number of hydrogen-bond acceptors (Lipinski definition) is 1. The van der Waals surface area contributed by atoms with Crippen molar-refractivity contribution in [3.8, 4) is 0 Å². The molecule has 0 amide bonds. The Balaban J connectivity index is 2.22. The number of aliphatic hydroxyl groups is 1. The van der Waals surface area contributed by atoms with Crippen LogP contribution in [0.25, 0.3) is 0 Å². The van der Waals surface area contributed by atoms with E-state index >= 15 is 0 Å². The number of hydrogen-bond donors (Lipinski definition) is 1. The van der Waals surface area contributed by atoms with E-state index in [1.807, 2.05) is 24.3 Å². The molecule has 2 aromatic carbocycles. The molecule has 0 aliphatic carbocycles. The summed E-state index contributed by atoms with van der Waals surface area (Å²) in [7, 11) is 0. The summed E-state index contributed by atoms with van der Waals surface area (Å²) in [5, 5.41) is 10.7. The Bertz CT molecular complexity index is 545. The Morgan fingerprint density at radius 2 is 1.14 bits per heavy atom. The van der Waals surface area contributed by atoms with Gasteiger partial charge in [-0.2, -0.15) is 0 Å². The van der Waals surface area contributed by atoms with E-state index in [2.05, 4.69) is 52.0 Å². The second kappa shape index (κ2) is 7.60. The van der Waals surface area contributed by atoms with E-state index in [4.69, 9.17) is 0 Å². The fourth-order valence-electron chi connectivity index (χ4n) is 2.92. The Morgan fingerprint density at radius 1 is 0.727 bits per heavy atom. The van der Waals surface area contributed by atoms with Gasteiger partial charge in [-0.05, 0) is 46.9 Å². The normalized spacial score (nSPS) is 11.6. The summed E-state index contributed by atoms with van der Waals surface area (Å²) in [6.07, 6.45) is 1.56. The molecule has 0 spiro atoms. The zero-order valence-corrected chi connectivity index (χ0v) is 14.2. The minimum absolute atomic E-state index is 0.542. The van der Waals surface area contributed by atoms with Gasteiger partial charge >= 0.3 is 0 Å². The van der Waals surface area contributed by atoms with Crippen LogP contribution in [0.5, 0.6) is 0 Å². The summed E-state index contributed by atoms with van der Waals surface area (Å²) in [6.45, 7) is 8.88. The van der Waals surface area contributed by atoms with Crippen LogP contribution in [-0.2, 0) is 12.8 Å². The van der Waals surface area contributed by atoms with Crippen LogP contribution in [0.3, 0.4) is 0 Å². The average Bonchev–Trinajstić information content (AvgIpc) is 2.45. The van der Waals surface area contributed by atoms with Gasteiger partial charge in [0.05, 0.1) is 0 Å². The molecule has 2 rings (SSSR count). The van der Waals surface area contributed by atoms with Gasteiger partial charge in [-0.3, -0.25) is 0 Å². The summed E-state index contributed by atoms with van der Waals surface area (Å²) in [4.78, 5) is 0. The highest BCUT2D eigenvalue weighted by Gasteiger charge is 2.12. The Morgan fingerprint density at radius 3 is 1.50 bits per heavy atom. The maximum atomic E-state index is 10.7. The van der Waals surface area contributed by atoms with Crippen LogP contribution >= 0.6 is 0 Å². The maximum absolute atomic E-state index is 10.7. The Kier molecular flexibility index (Phi) is 5.79. The largest absolute Gasteiger partial charge is 0.384 e. The molecule has 0 aromatic heterocycles. The van der Waals surface area contributed by atoms with Gasteiger partial charge in [0.15, 0.2) is 0 Å². The monoisotopic (exact) mass is 296 g/mol. The highest BCUT2D eigenvalue weighted by molar-refractivity contribution is 5.35. The van der Waals surface area contributed by atoms with E-state index < -0.39 is 6.10 Å². The third kappa shape index (κ3) is 4.71. The zero-order valence-electron chi connectivity index (χ0n) is 14.2. The van der Waals surface area contributed by atoms with Crippen LogP contribution < -0.4 is 0 Å². The van der Waals surface area contributed by atoms with Crippen molar-refractivity contribution in [2.24, 2.45) is 11.8 Å². The number of rotatable bonds is 6. The predicted octanol–water partition coefficient (Wildman–Crippen LogP) is 5.17. The molecule has 1 nitrogen and oxygen atoms in total. The molecule has 0 unspecified atom stereocenters. The summed E-state index contributed by atoms with van der Waals surface area (Å²) in [5.74, 6) is 1.25. The molecule has 0 fully saturated rings. The van der Waals surface area contributed by atoms with E-state index in [1.54, 1.807) is 0 Å². The lowest BCUT2D eigenvalue weighted by molar-refractivity contribution is 0.220. The van der Waals surface area contributed by atoms with Crippen molar-refractivity contribution >= 4 is 0 Å². The first-order valence-corrected chi connectivity index (χ1v) is 8.31. The number of benzene rings is 2. The molecule has 118 valence electrons. The van der Waals surface area contributed by atoms with Gasteiger partial charge in [0.25, 0.3) is 0 Å². The summed E-state index contributed by atoms with van der Waals surface area (Å²) < 4.78 is 0. The minimum Gasteiger partial charge on any atom is -0.384 e. The van der Waals surface area contributed by atoms with Crippen LogP contribution in [0.4, 0.5) is 0 Å². The van der Waals surface area contributed by atoms with Crippen molar-refractivity contribution in [2.75, 3.05) is 0 Å². The maximum Gasteiger partial charge on any atom is 0.104 e. The highest BCUT2D eigenvalue weighted by Crippen LogP contribution is 2.25. The predicted molar refractivity (Wildman–Crippen MR) is 94.0 cm³/mol. The Labute approximate surface area is 135 Å². The SMILES string of the molecule is CC(C)Cc1cccc(C(O)c2cccc(CC(C)C)c2)c1. The van der Waals surface area contributed by atoms with Crippen molar-refractivity contribution in [3.05, 3.63) is 70.8 Å². The molecule has 2 aromatic rings. The molecular formula is C21H28O. The lowest BCUT2D eigenvalue weighted by atomic mass is 9.94. The molecule has 0 saturated heterocycles. The average molecular weight is 296 g/mol. The molecule has 22 heavy (non-hydrogen) atoms. The standard InChI is InChI=1S/C21H28O/c1-15(2)11-17-7-5-9-19(13-17)21(22)20-10-6-8-18(14-20)12-16(3)4/h5-10,13-16,21-22H,11-12H2,1-4H3. The fourth-order valence-corrected chi connectivity index (χ4v) is 2.92. The van der Waals surface area contributed by atoms with E-state index in [0.717, 1.165) is 24.0 Å². The van der Waals surface area contributed by atoms with Crippen LogP contribution in [-0.4, -0.2) is 5.11 Å². The molecule has 1 heteroatoms. The van der Waals surface area contributed by atoms with Gasteiger partial charge in [0.2, 0.25) is 0 Å². The molecule has 0 aliphatic heterocycles. The van der Waals surface area contributed by atoms with Crippen molar-refractivity contribution in [2.45, 2.75) is 46.6 Å². The van der Waals surface area contributed by atoms with E-state index in [1.165, 1.54) is 11.1 Å². The van der Waals surface area contributed by atoms with E-state index in [9.17, 15) is 5.11 Å². The first-order valence-electron chi connectivity index (χ1n) is 8.31. The lowest BCUT2D eigenvalue weighted by Crippen LogP contribution is -2.03. The zero-order chi connectivity index (χ0) is 16.1. The van der Waals surface area contributed by atoms with Crippen LogP contribution in [0.15, 0.2) is 48.5 Å². The first kappa shape index (κ1) is 16.8. The van der Waals surface area contributed by atoms with Crippen LogP contribution in [0, 0.1) is 11.8 Å². The molecule has 0 heterocycles. The summed E-state index contributed by atoms with van der Waals surface area (Å²) >= 11 is 0. The van der Waals surface area contributed by atoms with Gasteiger partial charge in [-0.25, -0.2) is 0 Å². The summed E-state index contributed by atoms with van der Waals surface area (Å²) in [6, 6.07) is 16.7.